The van der Waals surface area contributed by atoms with Crippen LogP contribution in [0.2, 0.25) is 0 Å². The van der Waals surface area contributed by atoms with Crippen molar-refractivity contribution in [3.63, 3.8) is 0 Å². The van der Waals surface area contributed by atoms with E-state index in [4.69, 9.17) is 61.6 Å². The van der Waals surface area contributed by atoms with Crippen molar-refractivity contribution in [2.45, 2.75) is 78.2 Å². The van der Waals surface area contributed by atoms with E-state index in [9.17, 15) is 59.4 Å². The Balaban J connectivity index is 6.63. The van der Waals surface area contributed by atoms with Crippen LogP contribution in [0, 0.1) is 10.8 Å². The molecule has 0 saturated heterocycles. The number of esters is 6. The fourth-order valence-corrected chi connectivity index (χ4v) is 4.65. The number of hydrogen-bond acceptors (Lipinski definition) is 25. The molecule has 0 aromatic rings. The molecule has 25 nitrogen and oxygen atoms in total. The van der Waals surface area contributed by atoms with Crippen molar-refractivity contribution in [3.05, 3.63) is 0 Å². The van der Waals surface area contributed by atoms with E-state index >= 15 is 0 Å². The van der Waals surface area contributed by atoms with Crippen molar-refractivity contribution < 1.29 is 121 Å². The minimum atomic E-state index is -1.38. The van der Waals surface area contributed by atoms with Gasteiger partial charge in [-0.05, 0) is 41.5 Å². The Bertz CT molecular complexity index is 1090. The van der Waals surface area contributed by atoms with Gasteiger partial charge in [0.1, 0.15) is 76.3 Å². The first-order chi connectivity index (χ1) is 30.7. The molecule has 0 spiro atoms. The Morgan fingerprint density at radius 1 is 0.277 bits per heavy atom. The topological polar surface area (TPSA) is 344 Å². The molecule has 0 rings (SSSR count). The molecule has 6 unspecified atom stereocenters. The predicted molar refractivity (Wildman–Crippen MR) is 216 cm³/mol. The summed E-state index contributed by atoms with van der Waals surface area (Å²) >= 11 is 0. The summed E-state index contributed by atoms with van der Waals surface area (Å²) in [5.74, 6) is -5.33. The fourth-order valence-electron chi connectivity index (χ4n) is 4.65. The van der Waals surface area contributed by atoms with Gasteiger partial charge in [-0.25, -0.2) is 28.8 Å². The zero-order valence-electron chi connectivity index (χ0n) is 38.0. The fraction of sp³-hybridized carbons (Fsp3) is 0.850. The van der Waals surface area contributed by atoms with Crippen molar-refractivity contribution in [1.82, 2.24) is 0 Å². The van der Waals surface area contributed by atoms with Gasteiger partial charge in [0.25, 0.3) is 0 Å². The third-order valence-electron chi connectivity index (χ3n) is 8.14. The maximum absolute atomic E-state index is 11.8. The van der Waals surface area contributed by atoms with Crippen LogP contribution in [0.3, 0.4) is 0 Å². The van der Waals surface area contributed by atoms with Gasteiger partial charge in [0.2, 0.25) is 0 Å². The lowest BCUT2D eigenvalue weighted by molar-refractivity contribution is -0.164. The van der Waals surface area contributed by atoms with E-state index in [0.29, 0.717) is 0 Å². The molecule has 0 aliphatic rings. The molecule has 0 heterocycles. The van der Waals surface area contributed by atoms with E-state index in [1.54, 1.807) is 0 Å². The van der Waals surface area contributed by atoms with Crippen molar-refractivity contribution in [3.8, 4) is 0 Å². The molecule has 6 atom stereocenters. The van der Waals surface area contributed by atoms with Gasteiger partial charge in [0.05, 0.1) is 103 Å². The van der Waals surface area contributed by atoms with Crippen LogP contribution in [0.5, 0.6) is 0 Å². The second-order valence-corrected chi connectivity index (χ2v) is 14.9. The van der Waals surface area contributed by atoms with Crippen LogP contribution in [0.1, 0.15) is 41.5 Å². The van der Waals surface area contributed by atoms with Crippen LogP contribution in [0.25, 0.3) is 0 Å². The normalized spacial score (nSPS) is 16.1. The smallest absolute Gasteiger partial charge is 0.334 e. The van der Waals surface area contributed by atoms with E-state index in [2.05, 4.69) is 0 Å². The van der Waals surface area contributed by atoms with E-state index in [1.807, 2.05) is 0 Å². The summed E-state index contributed by atoms with van der Waals surface area (Å²) in [7, 11) is 0. The molecule has 0 aromatic heterocycles. The van der Waals surface area contributed by atoms with Crippen LogP contribution in [-0.4, -0.2) is 235 Å². The number of carbonyl (C=O) groups is 6. The Morgan fingerprint density at radius 3 is 0.554 bits per heavy atom. The lowest BCUT2D eigenvalue weighted by Crippen LogP contribution is -2.46. The first-order valence-corrected chi connectivity index (χ1v) is 20.8. The minimum Gasteiger partial charge on any atom is -0.461 e. The maximum atomic E-state index is 11.8. The molecule has 0 radical (unpaired) electrons. The highest BCUT2D eigenvalue weighted by molar-refractivity contribution is 5.75. The predicted octanol–water partition coefficient (Wildman–Crippen LogP) is -3.38. The molecule has 0 amide bonds. The molecule has 65 heavy (non-hydrogen) atoms. The Kier molecular flexibility index (Phi) is 33.5. The molecule has 0 aliphatic heterocycles. The van der Waals surface area contributed by atoms with Crippen LogP contribution in [0.15, 0.2) is 0 Å². The summed E-state index contributed by atoms with van der Waals surface area (Å²) in [5.41, 5.74) is -2.52. The second kappa shape index (κ2) is 35.5. The van der Waals surface area contributed by atoms with Gasteiger partial charge < -0.3 is 92.2 Å². The minimum absolute atomic E-state index is 0.170. The van der Waals surface area contributed by atoms with Gasteiger partial charge in [-0.3, -0.25) is 0 Å². The summed E-state index contributed by atoms with van der Waals surface area (Å²) < 4.78 is 71.4. The molecule has 0 aromatic carbocycles. The quantitative estimate of drug-likeness (QED) is 0.0198. The summed E-state index contributed by atoms with van der Waals surface area (Å²) in [4.78, 5) is 70.9. The molecule has 0 fully saturated rings. The molecule has 380 valence electrons. The van der Waals surface area contributed by atoms with Crippen molar-refractivity contribution in [2.75, 3.05) is 132 Å². The molecule has 6 N–H and O–H groups in total. The third kappa shape index (κ3) is 30.3. The average molecular weight is 951 g/mol. The SMILES string of the molecule is CC(O)C(=O)OCCOCC(COCCOC(=O)C(C)O)(COCCOC(=O)C(C)O)COCC(COCCOC(=O)C(C)O)(COCCOC(=O)C(C)O)COCCOC(=O)C(C)O. The van der Waals surface area contributed by atoms with Crippen molar-refractivity contribution in [2.24, 2.45) is 10.8 Å². The van der Waals surface area contributed by atoms with E-state index < -0.39 is 83.3 Å². The van der Waals surface area contributed by atoms with Gasteiger partial charge in [-0.15, -0.1) is 0 Å². The van der Waals surface area contributed by atoms with Crippen LogP contribution < -0.4 is 0 Å². The number of rotatable bonds is 40. The van der Waals surface area contributed by atoms with Crippen LogP contribution in [-0.2, 0) is 90.3 Å². The van der Waals surface area contributed by atoms with Gasteiger partial charge in [0.15, 0.2) is 0 Å². The average Bonchev–Trinajstić information content (AvgIpc) is 3.24. The molecule has 0 saturated carbocycles. The maximum Gasteiger partial charge on any atom is 0.334 e. The monoisotopic (exact) mass is 950 g/mol. The summed E-state index contributed by atoms with van der Waals surface area (Å²) in [6.07, 6.45) is -8.30. The number of carbonyl (C=O) groups excluding carboxylic acids is 6. The lowest BCUT2D eigenvalue weighted by atomic mass is 9.90. The molecule has 0 aliphatic carbocycles. The van der Waals surface area contributed by atoms with Gasteiger partial charge >= 0.3 is 35.8 Å². The second-order valence-electron chi connectivity index (χ2n) is 14.9. The molecular formula is C40H70O25. The molecule has 25 heteroatoms. The highest BCUT2D eigenvalue weighted by Gasteiger charge is 2.37. The third-order valence-corrected chi connectivity index (χ3v) is 8.14. The van der Waals surface area contributed by atoms with E-state index in [1.165, 1.54) is 41.5 Å². The summed E-state index contributed by atoms with van der Waals surface area (Å²) in [5, 5.41) is 56.9. The van der Waals surface area contributed by atoms with Gasteiger partial charge in [0, 0.05) is 0 Å². The highest BCUT2D eigenvalue weighted by atomic mass is 16.6. The Hall–Kier alpha value is -3.70. The van der Waals surface area contributed by atoms with E-state index in [0.717, 1.165) is 0 Å². The lowest BCUT2D eigenvalue weighted by Gasteiger charge is -2.37. The number of aliphatic hydroxyl groups is 6. The van der Waals surface area contributed by atoms with Crippen LogP contribution in [0.4, 0.5) is 0 Å². The zero-order chi connectivity index (χ0) is 49.3. The largest absolute Gasteiger partial charge is 0.461 e. The van der Waals surface area contributed by atoms with Crippen molar-refractivity contribution >= 4 is 35.8 Å². The summed E-state index contributed by atoms with van der Waals surface area (Å²) in [6, 6.07) is 0. The summed E-state index contributed by atoms with van der Waals surface area (Å²) in [6.45, 7) is 3.00. The Labute approximate surface area is 377 Å². The van der Waals surface area contributed by atoms with Gasteiger partial charge in [-0.1, -0.05) is 0 Å². The van der Waals surface area contributed by atoms with Crippen molar-refractivity contribution in [1.29, 1.82) is 0 Å². The zero-order valence-corrected chi connectivity index (χ0v) is 38.0. The highest BCUT2D eigenvalue weighted by Crippen LogP contribution is 2.26. The van der Waals surface area contributed by atoms with E-state index in [-0.39, 0.29) is 132 Å². The number of ether oxygens (including phenoxy) is 13. The molecule has 0 bridgehead atoms. The van der Waals surface area contributed by atoms with Gasteiger partial charge in [-0.2, -0.15) is 0 Å². The molecular weight excluding hydrogens is 880 g/mol. The van der Waals surface area contributed by atoms with Crippen LogP contribution >= 0.6 is 0 Å². The standard InChI is InChI=1S/C40H70O25/c1-27(41)33(47)60-13-7-53-19-39(20-54-8-14-61-34(48)28(2)42,21-55-9-15-62-35(49)29(3)43)25-59-26-40(22-56-10-16-63-36(50)30(4)44,23-57-11-17-64-37(51)31(5)45)24-58-12-18-65-38(52)32(6)46/h27-32,41-46H,7-26H2,1-6H3. The number of aliphatic hydroxyl groups excluding tert-OH is 6. The first kappa shape index (κ1) is 61.3. The Morgan fingerprint density at radius 2 is 0.415 bits per heavy atom. The first-order valence-electron chi connectivity index (χ1n) is 20.8. The number of hydrogen-bond donors (Lipinski definition) is 6.